The lowest BCUT2D eigenvalue weighted by Crippen LogP contribution is -2.54. The summed E-state index contributed by atoms with van der Waals surface area (Å²) in [6, 6.07) is 5.33. The molecule has 2 aromatic rings. The van der Waals surface area contributed by atoms with E-state index in [4.69, 9.17) is 14.2 Å². The largest absolute Gasteiger partial charge is 0.504 e. The van der Waals surface area contributed by atoms with Gasteiger partial charge in [-0.25, -0.2) is 9.69 Å². The van der Waals surface area contributed by atoms with Crippen LogP contribution in [-0.2, 0) is 9.59 Å². The molecular weight excluding hydrogens is 426 g/mol. The molecule has 0 saturated carbocycles. The number of ether oxygens (including phenoxy) is 3. The van der Waals surface area contributed by atoms with Crippen LogP contribution < -0.4 is 24.4 Å². The van der Waals surface area contributed by atoms with Gasteiger partial charge >= 0.3 is 6.03 Å². The Kier molecular flexibility index (Phi) is 5.10. The van der Waals surface area contributed by atoms with Crippen molar-refractivity contribution >= 4 is 35.3 Å². The Bertz CT molecular complexity index is 1210. The maximum absolute atomic E-state index is 13.0. The molecule has 2 aromatic carbocycles. The number of nitrogens with one attached hydrogen (secondary N) is 1. The minimum absolute atomic E-state index is 0.0171. The number of nitro groups is 1. The first-order valence-corrected chi connectivity index (χ1v) is 9.25. The standard InChI is InChI=1S/C20H15N3O9/c1-2-30-16-8-12(23(28)29)5-10(17(16)24)6-13-18(25)21-20(27)22(19(13)26)11-3-4-14-15(7-11)32-9-31-14/h3-8,24H,2,9H2,1H3,(H,21,25,27)/b13-6+. The van der Waals surface area contributed by atoms with Crippen LogP contribution in [0, 0.1) is 10.1 Å². The first-order chi connectivity index (χ1) is 15.3. The van der Waals surface area contributed by atoms with Crippen LogP contribution in [0.15, 0.2) is 35.9 Å². The Morgan fingerprint density at radius 3 is 2.69 bits per heavy atom. The summed E-state index contributed by atoms with van der Waals surface area (Å²) < 4.78 is 15.6. The molecule has 32 heavy (non-hydrogen) atoms. The number of amides is 4. The van der Waals surface area contributed by atoms with Crippen LogP contribution in [0.3, 0.4) is 0 Å². The monoisotopic (exact) mass is 441 g/mol. The second-order valence-electron chi connectivity index (χ2n) is 6.57. The molecule has 0 atom stereocenters. The summed E-state index contributed by atoms with van der Waals surface area (Å²) in [4.78, 5) is 49.0. The van der Waals surface area contributed by atoms with Crippen molar-refractivity contribution in [3.05, 3.63) is 51.6 Å². The molecule has 1 saturated heterocycles. The lowest BCUT2D eigenvalue weighted by molar-refractivity contribution is -0.385. The fraction of sp³-hybridized carbons (Fsp3) is 0.150. The first-order valence-electron chi connectivity index (χ1n) is 9.25. The molecule has 0 aromatic heterocycles. The van der Waals surface area contributed by atoms with Crippen LogP contribution in [0.4, 0.5) is 16.2 Å². The second-order valence-corrected chi connectivity index (χ2v) is 6.57. The molecule has 2 N–H and O–H groups in total. The van der Waals surface area contributed by atoms with Crippen molar-refractivity contribution < 1.29 is 38.6 Å². The van der Waals surface area contributed by atoms with Gasteiger partial charge in [-0.2, -0.15) is 0 Å². The number of urea groups is 1. The molecule has 0 spiro atoms. The highest BCUT2D eigenvalue weighted by Crippen LogP contribution is 2.38. The summed E-state index contributed by atoms with van der Waals surface area (Å²) in [5.74, 6) is -1.99. The number of hydrogen-bond donors (Lipinski definition) is 2. The van der Waals surface area contributed by atoms with Crippen LogP contribution in [0.25, 0.3) is 6.08 Å². The molecule has 12 nitrogen and oxygen atoms in total. The van der Waals surface area contributed by atoms with Crippen LogP contribution in [-0.4, -0.2) is 41.3 Å². The number of carbonyl (C=O) groups is 3. The third kappa shape index (κ3) is 3.53. The number of fused-ring (bicyclic) bond motifs is 1. The molecule has 2 aliphatic heterocycles. The highest BCUT2D eigenvalue weighted by Gasteiger charge is 2.38. The van der Waals surface area contributed by atoms with Crippen LogP contribution >= 0.6 is 0 Å². The third-order valence-electron chi connectivity index (χ3n) is 4.62. The fourth-order valence-electron chi connectivity index (χ4n) is 3.17. The van der Waals surface area contributed by atoms with Gasteiger partial charge in [0, 0.05) is 17.7 Å². The molecule has 2 aliphatic rings. The van der Waals surface area contributed by atoms with E-state index in [1.54, 1.807) is 6.92 Å². The van der Waals surface area contributed by atoms with Gasteiger partial charge in [0.2, 0.25) is 6.79 Å². The molecule has 1 fully saturated rings. The minimum atomic E-state index is -1.03. The number of carbonyl (C=O) groups excluding carboxylic acids is 3. The molecular formula is C20H15N3O9. The molecule has 2 heterocycles. The van der Waals surface area contributed by atoms with Crippen molar-refractivity contribution in [2.45, 2.75) is 6.92 Å². The number of phenols is 1. The Morgan fingerprint density at radius 2 is 1.97 bits per heavy atom. The number of benzene rings is 2. The van der Waals surface area contributed by atoms with Gasteiger partial charge in [0.15, 0.2) is 23.0 Å². The summed E-state index contributed by atoms with van der Waals surface area (Å²) in [7, 11) is 0. The van der Waals surface area contributed by atoms with Crippen molar-refractivity contribution in [1.82, 2.24) is 5.32 Å². The molecule has 0 aliphatic carbocycles. The second kappa shape index (κ2) is 7.91. The normalized spacial score (nSPS) is 16.3. The van der Waals surface area contributed by atoms with Gasteiger partial charge in [0.05, 0.1) is 23.3 Å². The molecule has 4 rings (SSSR count). The van der Waals surface area contributed by atoms with Gasteiger partial charge < -0.3 is 19.3 Å². The van der Waals surface area contributed by atoms with E-state index >= 15 is 0 Å². The number of imide groups is 2. The van der Waals surface area contributed by atoms with Gasteiger partial charge in [-0.1, -0.05) is 0 Å². The van der Waals surface area contributed by atoms with E-state index in [2.05, 4.69) is 0 Å². The van der Waals surface area contributed by atoms with Crippen LogP contribution in [0.1, 0.15) is 12.5 Å². The first kappa shape index (κ1) is 20.7. The Balaban J connectivity index is 1.78. The molecule has 12 heteroatoms. The summed E-state index contributed by atoms with van der Waals surface area (Å²) in [6.07, 6.45) is 0.953. The Hall–Kier alpha value is -4.61. The maximum Gasteiger partial charge on any atom is 0.335 e. The van der Waals surface area contributed by atoms with E-state index in [0.29, 0.717) is 16.4 Å². The number of phenolic OH excluding ortho intramolecular Hbond substituents is 1. The van der Waals surface area contributed by atoms with Crippen molar-refractivity contribution in [3.63, 3.8) is 0 Å². The topological polar surface area (TPSA) is 158 Å². The summed E-state index contributed by atoms with van der Waals surface area (Å²) >= 11 is 0. The van der Waals surface area contributed by atoms with Crippen molar-refractivity contribution in [1.29, 1.82) is 0 Å². The highest BCUT2D eigenvalue weighted by atomic mass is 16.7. The van der Waals surface area contributed by atoms with Crippen molar-refractivity contribution in [2.24, 2.45) is 0 Å². The van der Waals surface area contributed by atoms with Gasteiger partial charge in [-0.3, -0.25) is 25.0 Å². The van der Waals surface area contributed by atoms with E-state index in [0.717, 1.165) is 18.2 Å². The third-order valence-corrected chi connectivity index (χ3v) is 4.62. The number of hydrogen-bond acceptors (Lipinski definition) is 9. The van der Waals surface area contributed by atoms with E-state index in [9.17, 15) is 29.6 Å². The molecule has 0 radical (unpaired) electrons. The molecule has 0 bridgehead atoms. The lowest BCUT2D eigenvalue weighted by atomic mass is 10.0. The van der Waals surface area contributed by atoms with E-state index < -0.39 is 39.8 Å². The predicted octanol–water partition coefficient (Wildman–Crippen LogP) is 2.09. The van der Waals surface area contributed by atoms with Crippen LogP contribution in [0.2, 0.25) is 0 Å². The average Bonchev–Trinajstić information content (AvgIpc) is 3.21. The summed E-state index contributed by atoms with van der Waals surface area (Å²) in [5.41, 5.74) is -1.06. The summed E-state index contributed by atoms with van der Waals surface area (Å²) in [5, 5.41) is 23.7. The molecule has 4 amide bonds. The smallest absolute Gasteiger partial charge is 0.335 e. The Morgan fingerprint density at radius 1 is 1.22 bits per heavy atom. The fourth-order valence-corrected chi connectivity index (χ4v) is 3.17. The zero-order chi connectivity index (χ0) is 23.0. The number of nitro benzene ring substituents is 1. The van der Waals surface area contributed by atoms with Gasteiger partial charge in [0.25, 0.3) is 17.5 Å². The number of rotatable bonds is 5. The number of anilines is 1. The van der Waals surface area contributed by atoms with E-state index in [1.807, 2.05) is 5.32 Å². The maximum atomic E-state index is 13.0. The van der Waals surface area contributed by atoms with Crippen LogP contribution in [0.5, 0.6) is 23.0 Å². The predicted molar refractivity (Wildman–Crippen MR) is 107 cm³/mol. The number of aromatic hydroxyl groups is 1. The van der Waals surface area contributed by atoms with Gasteiger partial charge in [-0.15, -0.1) is 0 Å². The SMILES string of the molecule is CCOc1cc([N+](=O)[O-])cc(/C=C2\C(=O)NC(=O)N(c3ccc4c(c3)OCO4)C2=O)c1O. The number of nitrogens with zero attached hydrogens (tertiary/aromatic N) is 2. The zero-order valence-electron chi connectivity index (χ0n) is 16.5. The number of non-ortho nitro benzene ring substituents is 1. The number of barbiturate groups is 1. The lowest BCUT2D eigenvalue weighted by Gasteiger charge is -2.26. The van der Waals surface area contributed by atoms with Gasteiger partial charge in [0.1, 0.15) is 5.57 Å². The van der Waals surface area contributed by atoms with Gasteiger partial charge in [-0.05, 0) is 25.1 Å². The minimum Gasteiger partial charge on any atom is -0.504 e. The van der Waals surface area contributed by atoms with Crippen molar-refractivity contribution in [2.75, 3.05) is 18.3 Å². The van der Waals surface area contributed by atoms with E-state index in [1.165, 1.54) is 18.2 Å². The van der Waals surface area contributed by atoms with Crippen molar-refractivity contribution in [3.8, 4) is 23.0 Å². The quantitative estimate of drug-likeness (QED) is 0.307. The highest BCUT2D eigenvalue weighted by molar-refractivity contribution is 6.39. The molecule has 0 unspecified atom stereocenters. The average molecular weight is 441 g/mol. The summed E-state index contributed by atoms with van der Waals surface area (Å²) in [6.45, 7) is 1.71. The Labute approximate surface area is 179 Å². The zero-order valence-corrected chi connectivity index (χ0v) is 16.5. The molecule has 164 valence electrons. The van der Waals surface area contributed by atoms with E-state index in [-0.39, 0.29) is 30.4 Å².